The predicted octanol–water partition coefficient (Wildman–Crippen LogP) is 14.0. The van der Waals surface area contributed by atoms with Gasteiger partial charge in [-0.25, -0.2) is 0 Å². The molecule has 0 saturated heterocycles. The summed E-state index contributed by atoms with van der Waals surface area (Å²) >= 11 is 0. The van der Waals surface area contributed by atoms with E-state index in [9.17, 15) is 0 Å². The van der Waals surface area contributed by atoms with Crippen LogP contribution in [0.2, 0.25) is 0 Å². The zero-order chi connectivity index (χ0) is 40.5. The first-order chi connectivity index (χ1) is 30.7. The fraction of sp³-hybridized carbons (Fsp3) is 0.0345. The largest absolute Gasteiger partial charge is 0.379 e. The van der Waals surface area contributed by atoms with Gasteiger partial charge in [-0.05, 0) is 127 Å². The molecule has 62 heavy (non-hydrogen) atoms. The summed E-state index contributed by atoms with van der Waals surface area (Å²) in [5.74, 6) is 0.183. The Hall–Kier alpha value is -7.82. The van der Waals surface area contributed by atoms with E-state index in [1.54, 1.807) is 0 Å². The minimum absolute atomic E-state index is 0.0171. The van der Waals surface area contributed by atoms with Crippen LogP contribution in [-0.4, -0.2) is 11.3 Å². The lowest BCUT2D eigenvalue weighted by Crippen LogP contribution is -2.59. The number of fused-ring (bicyclic) bond motifs is 11. The lowest BCUT2D eigenvalue weighted by atomic mass is 9.43. The number of nitrogens with zero attached hydrogens (tertiary/aromatic N) is 3. The smallest absolute Gasteiger partial charge is 0.332 e. The molecule has 14 rings (SSSR count). The molecule has 0 spiro atoms. The van der Waals surface area contributed by atoms with Crippen LogP contribution in [0.1, 0.15) is 29.2 Å². The molecule has 1 aliphatic carbocycles. The number of benzene rings is 10. The highest BCUT2D eigenvalue weighted by Gasteiger charge is 2.46. The molecule has 0 N–H and O–H groups in total. The zero-order valence-electron chi connectivity index (χ0n) is 33.9. The van der Waals surface area contributed by atoms with E-state index in [-0.39, 0.29) is 12.8 Å². The van der Waals surface area contributed by atoms with Gasteiger partial charge in [-0.15, -0.1) is 0 Å². The standard InChI is InChI=1S/C58H38BN3/c1-4-15-40-30-45(27-24-37(40)12-1)60(46-28-25-38-13-2-5-16-41(38)31-46)48-35-52-51-22-11-21-50-49-20-9-10-23-54(49)62(58(50)51)59-53-33-43-18-7-8-19-44(43)34-55(53)61(56(36-48)57(52)59)47-29-26-39-14-3-6-17-42(39)32-47/h1-21,23-36,51H,22H2. The number of aromatic nitrogens is 1. The SMILES string of the molecule is C1=Cc2c3n(c4ccccc24)B2c4cc5ccccc5cc4N(c4ccc5ccccc5c4)c4cc(N(c5ccc6ccccc6c5)c5ccc6ccccc6c5)cc(c42)C3C1. The van der Waals surface area contributed by atoms with Gasteiger partial charge in [0.25, 0.3) is 0 Å². The predicted molar refractivity (Wildman–Crippen MR) is 264 cm³/mol. The van der Waals surface area contributed by atoms with E-state index >= 15 is 0 Å². The molecule has 4 heteroatoms. The van der Waals surface area contributed by atoms with Crippen molar-refractivity contribution in [3.05, 3.63) is 223 Å². The fourth-order valence-corrected chi connectivity index (χ4v) is 11.3. The highest BCUT2D eigenvalue weighted by atomic mass is 15.2. The topological polar surface area (TPSA) is 11.4 Å². The van der Waals surface area contributed by atoms with E-state index in [1.807, 2.05) is 0 Å². The van der Waals surface area contributed by atoms with E-state index in [4.69, 9.17) is 0 Å². The summed E-state index contributed by atoms with van der Waals surface area (Å²) in [7, 11) is 0. The summed E-state index contributed by atoms with van der Waals surface area (Å²) in [5, 5.41) is 11.2. The lowest BCUT2D eigenvalue weighted by Gasteiger charge is -2.44. The number of allylic oxidation sites excluding steroid dienone is 1. The second-order valence-corrected chi connectivity index (χ2v) is 17.3. The third-order valence-corrected chi connectivity index (χ3v) is 14.0. The molecule has 0 amide bonds. The third kappa shape index (κ3) is 4.83. The van der Waals surface area contributed by atoms with Gasteiger partial charge in [-0.3, -0.25) is 0 Å². The highest BCUT2D eigenvalue weighted by Crippen LogP contribution is 2.51. The molecule has 0 bridgehead atoms. The Morgan fingerprint density at radius 1 is 0.468 bits per heavy atom. The molecule has 0 radical (unpaired) electrons. The van der Waals surface area contributed by atoms with Gasteiger partial charge < -0.3 is 14.3 Å². The Balaban J connectivity index is 1.12. The number of hydrogen-bond acceptors (Lipinski definition) is 2. The maximum atomic E-state index is 2.72. The van der Waals surface area contributed by atoms with Crippen LogP contribution in [0.5, 0.6) is 0 Å². The van der Waals surface area contributed by atoms with Crippen molar-refractivity contribution in [3.63, 3.8) is 0 Å². The highest BCUT2D eigenvalue weighted by molar-refractivity contribution is 6.88. The molecule has 3 heterocycles. The van der Waals surface area contributed by atoms with Crippen LogP contribution in [0.15, 0.2) is 206 Å². The Morgan fingerprint density at radius 3 is 1.71 bits per heavy atom. The average molecular weight is 788 g/mol. The number of para-hydroxylation sites is 1. The van der Waals surface area contributed by atoms with Crippen LogP contribution >= 0.6 is 0 Å². The van der Waals surface area contributed by atoms with E-state index in [0.29, 0.717) is 0 Å². The summed E-state index contributed by atoms with van der Waals surface area (Å²) in [6.45, 7) is -0.0171. The monoisotopic (exact) mass is 787 g/mol. The molecule has 288 valence electrons. The number of rotatable bonds is 4. The zero-order valence-corrected chi connectivity index (χ0v) is 33.9. The second kappa shape index (κ2) is 12.8. The first-order valence-corrected chi connectivity index (χ1v) is 21.8. The fourth-order valence-electron chi connectivity index (χ4n) is 11.3. The third-order valence-electron chi connectivity index (χ3n) is 14.0. The Bertz CT molecular complexity index is 3650. The molecular weight excluding hydrogens is 749 g/mol. The van der Waals surface area contributed by atoms with Gasteiger partial charge in [0.1, 0.15) is 0 Å². The van der Waals surface area contributed by atoms with Crippen molar-refractivity contribution in [2.75, 3.05) is 9.80 Å². The van der Waals surface area contributed by atoms with E-state index in [1.165, 1.54) is 93.1 Å². The van der Waals surface area contributed by atoms with E-state index < -0.39 is 0 Å². The Morgan fingerprint density at radius 2 is 1.03 bits per heavy atom. The van der Waals surface area contributed by atoms with Gasteiger partial charge in [-0.2, -0.15) is 0 Å². The number of anilines is 6. The van der Waals surface area contributed by atoms with Gasteiger partial charge >= 0.3 is 6.85 Å². The van der Waals surface area contributed by atoms with Gasteiger partial charge in [0.15, 0.2) is 0 Å². The van der Waals surface area contributed by atoms with Crippen molar-refractivity contribution in [1.29, 1.82) is 0 Å². The van der Waals surface area contributed by atoms with Crippen LogP contribution in [0.25, 0.3) is 60.1 Å². The first kappa shape index (κ1) is 34.0. The average Bonchev–Trinajstić information content (AvgIpc) is 3.67. The normalized spacial score (nSPS) is 14.7. The van der Waals surface area contributed by atoms with Gasteiger partial charge in [0.2, 0.25) is 0 Å². The molecule has 2 aliphatic heterocycles. The van der Waals surface area contributed by atoms with Gasteiger partial charge in [0, 0.05) is 62.2 Å². The molecular formula is C58H38BN3. The lowest BCUT2D eigenvalue weighted by molar-refractivity contribution is 0.772. The van der Waals surface area contributed by atoms with Crippen molar-refractivity contribution < 1.29 is 0 Å². The number of hydrogen-bond donors (Lipinski definition) is 0. The van der Waals surface area contributed by atoms with Crippen molar-refractivity contribution in [3.8, 4) is 0 Å². The first-order valence-electron chi connectivity index (χ1n) is 21.8. The van der Waals surface area contributed by atoms with Gasteiger partial charge in [0.05, 0.1) is 0 Å². The summed E-state index contributed by atoms with van der Waals surface area (Å²) in [5.41, 5.74) is 15.2. The maximum Gasteiger partial charge on any atom is 0.332 e. The minimum Gasteiger partial charge on any atom is -0.379 e. The molecule has 11 aromatic rings. The molecule has 10 aromatic carbocycles. The van der Waals surface area contributed by atoms with Crippen molar-refractivity contribution >= 4 is 112 Å². The van der Waals surface area contributed by atoms with Crippen molar-refractivity contribution in [2.45, 2.75) is 12.3 Å². The van der Waals surface area contributed by atoms with Crippen LogP contribution in [-0.2, 0) is 0 Å². The maximum absolute atomic E-state index is 2.72. The minimum atomic E-state index is -0.0171. The molecule has 3 nitrogen and oxygen atoms in total. The summed E-state index contributed by atoms with van der Waals surface area (Å²) in [4.78, 5) is 5.09. The molecule has 1 aromatic heterocycles. The molecule has 0 fully saturated rings. The summed E-state index contributed by atoms with van der Waals surface area (Å²) < 4.78 is 2.72. The molecule has 3 aliphatic rings. The summed E-state index contributed by atoms with van der Waals surface area (Å²) in [6.07, 6.45) is 5.75. The summed E-state index contributed by atoms with van der Waals surface area (Å²) in [6, 6.07) is 75.0. The molecule has 1 unspecified atom stereocenters. The quantitative estimate of drug-likeness (QED) is 0.165. The molecule has 1 atom stereocenters. The van der Waals surface area contributed by atoms with Gasteiger partial charge in [-0.1, -0.05) is 152 Å². The Kier molecular flexibility index (Phi) is 7.04. The van der Waals surface area contributed by atoms with Crippen LogP contribution in [0.4, 0.5) is 34.1 Å². The molecule has 0 saturated carbocycles. The van der Waals surface area contributed by atoms with Crippen molar-refractivity contribution in [2.24, 2.45) is 0 Å². The van der Waals surface area contributed by atoms with E-state index in [2.05, 4.69) is 227 Å². The van der Waals surface area contributed by atoms with Crippen LogP contribution in [0.3, 0.4) is 0 Å². The Labute approximate surface area is 360 Å². The van der Waals surface area contributed by atoms with Crippen LogP contribution in [0, 0.1) is 0 Å². The second-order valence-electron chi connectivity index (χ2n) is 17.3. The van der Waals surface area contributed by atoms with E-state index in [0.717, 1.165) is 29.2 Å². The van der Waals surface area contributed by atoms with Crippen LogP contribution < -0.4 is 20.7 Å². The van der Waals surface area contributed by atoms with Crippen molar-refractivity contribution in [1.82, 2.24) is 4.48 Å².